The minimum atomic E-state index is -1.24. The summed E-state index contributed by atoms with van der Waals surface area (Å²) in [6.07, 6.45) is 0. The van der Waals surface area contributed by atoms with Gasteiger partial charge in [-0.1, -0.05) is 42.0 Å². The van der Waals surface area contributed by atoms with Crippen molar-refractivity contribution in [1.29, 1.82) is 10.5 Å². The van der Waals surface area contributed by atoms with Gasteiger partial charge in [-0.25, -0.2) is 4.99 Å². The predicted octanol–water partition coefficient (Wildman–Crippen LogP) is 6.24. The standard InChI is InChI=1S/C33H31ClN6O2S/c1-3-41-25-13-9-23(10-14-25)38-19-32(17-35)29(27-7-5-6-8-28(27)34)33(18-36,20-38)31(43)40-22-39(21-37-30(32)40)24-11-15-26(16-12-24)42-4-2/h5-16,29H,3-4,19-22H2,1-2H3. The number of thiocarbonyl (C=S) groups is 1. The topological polar surface area (TPSA) is 88.1 Å². The van der Waals surface area contributed by atoms with Gasteiger partial charge in [0.1, 0.15) is 39.8 Å². The monoisotopic (exact) mass is 610 g/mol. The van der Waals surface area contributed by atoms with Crippen LogP contribution in [0.2, 0.25) is 5.02 Å². The maximum absolute atomic E-state index is 11.2. The highest BCUT2D eigenvalue weighted by Gasteiger charge is 2.68. The number of hydrogen-bond donors (Lipinski definition) is 0. The molecule has 218 valence electrons. The third-order valence-corrected chi connectivity index (χ3v) is 9.42. The van der Waals surface area contributed by atoms with E-state index in [0.29, 0.717) is 55.5 Å². The van der Waals surface area contributed by atoms with Gasteiger partial charge in [0, 0.05) is 35.4 Å². The molecule has 3 aliphatic heterocycles. The molecule has 3 atom stereocenters. The van der Waals surface area contributed by atoms with Crippen LogP contribution in [0.3, 0.4) is 0 Å². The fourth-order valence-corrected chi connectivity index (χ4v) is 7.30. The number of ether oxygens (including phenoxy) is 2. The van der Waals surface area contributed by atoms with Crippen LogP contribution in [0.4, 0.5) is 11.4 Å². The zero-order valence-corrected chi connectivity index (χ0v) is 25.6. The second kappa shape index (κ2) is 11.4. The molecule has 0 saturated carbocycles. The van der Waals surface area contributed by atoms with E-state index >= 15 is 0 Å². The Balaban J connectivity index is 1.48. The van der Waals surface area contributed by atoms with Crippen LogP contribution in [0.15, 0.2) is 77.8 Å². The first-order valence-electron chi connectivity index (χ1n) is 14.3. The highest BCUT2D eigenvalue weighted by molar-refractivity contribution is 7.80. The first kappa shape index (κ1) is 28.8. The molecule has 0 spiro atoms. The fourth-order valence-electron chi connectivity index (χ4n) is 6.68. The Morgan fingerprint density at radius 3 is 1.98 bits per heavy atom. The fraction of sp³-hybridized carbons (Fsp3) is 0.333. The van der Waals surface area contributed by atoms with E-state index in [0.717, 1.165) is 28.4 Å². The molecular formula is C33H31ClN6O2S. The molecule has 0 aliphatic carbocycles. The van der Waals surface area contributed by atoms with E-state index in [4.69, 9.17) is 38.3 Å². The lowest BCUT2D eigenvalue weighted by molar-refractivity contribution is 0.206. The molecule has 3 aliphatic rings. The molecule has 3 unspecified atom stereocenters. The lowest BCUT2D eigenvalue weighted by Gasteiger charge is -2.61. The Morgan fingerprint density at radius 1 is 0.860 bits per heavy atom. The Labute approximate surface area is 262 Å². The molecule has 2 fully saturated rings. The largest absolute Gasteiger partial charge is 0.494 e. The predicted molar refractivity (Wildman–Crippen MR) is 172 cm³/mol. The molecule has 43 heavy (non-hydrogen) atoms. The lowest BCUT2D eigenvalue weighted by Crippen LogP contribution is -2.73. The van der Waals surface area contributed by atoms with E-state index in [-0.39, 0.29) is 0 Å². The zero-order chi connectivity index (χ0) is 30.2. The molecule has 10 heteroatoms. The van der Waals surface area contributed by atoms with Crippen LogP contribution in [0.25, 0.3) is 0 Å². The SMILES string of the molecule is CCOc1ccc(N2CN=C3N(C2)C(=S)C2(C#N)CN(c4ccc(OCC)cc4)CC3(C#N)C2c2ccccc2Cl)cc1. The van der Waals surface area contributed by atoms with Gasteiger partial charge >= 0.3 is 0 Å². The van der Waals surface area contributed by atoms with E-state index in [2.05, 4.69) is 21.9 Å². The van der Waals surface area contributed by atoms with Crippen LogP contribution in [0.5, 0.6) is 11.5 Å². The van der Waals surface area contributed by atoms with Crippen molar-refractivity contribution in [2.24, 2.45) is 15.8 Å². The number of benzene rings is 3. The Hall–Kier alpha value is -4.31. The van der Waals surface area contributed by atoms with Gasteiger partial charge in [-0.3, -0.25) is 0 Å². The molecule has 2 bridgehead atoms. The van der Waals surface area contributed by atoms with E-state index in [9.17, 15) is 10.5 Å². The summed E-state index contributed by atoms with van der Waals surface area (Å²) in [6, 6.07) is 28.3. The number of aliphatic imine (C=N–C) groups is 1. The van der Waals surface area contributed by atoms with Crippen molar-refractivity contribution in [1.82, 2.24) is 4.90 Å². The first-order chi connectivity index (χ1) is 20.9. The number of rotatable bonds is 7. The maximum atomic E-state index is 11.2. The molecule has 6 rings (SSSR count). The van der Waals surface area contributed by atoms with E-state index in [1.165, 1.54) is 0 Å². The Morgan fingerprint density at radius 2 is 1.42 bits per heavy atom. The summed E-state index contributed by atoms with van der Waals surface area (Å²) < 4.78 is 11.3. The van der Waals surface area contributed by atoms with Gasteiger partial charge in [-0.05, 0) is 74.0 Å². The number of halogens is 1. The van der Waals surface area contributed by atoms with Crippen molar-refractivity contribution in [2.45, 2.75) is 19.8 Å². The molecule has 0 N–H and O–H groups in total. The van der Waals surface area contributed by atoms with Gasteiger partial charge in [0.15, 0.2) is 0 Å². The summed E-state index contributed by atoms with van der Waals surface area (Å²) in [6.45, 7) is 6.37. The minimum Gasteiger partial charge on any atom is -0.494 e. The molecule has 0 aromatic heterocycles. The van der Waals surface area contributed by atoms with Crippen molar-refractivity contribution >= 4 is 46.0 Å². The smallest absolute Gasteiger partial charge is 0.141 e. The highest BCUT2D eigenvalue weighted by atomic mass is 35.5. The summed E-state index contributed by atoms with van der Waals surface area (Å²) in [7, 11) is 0. The van der Waals surface area contributed by atoms with Gasteiger partial charge in [-0.2, -0.15) is 10.5 Å². The average Bonchev–Trinajstić information content (AvgIpc) is 3.04. The molecular weight excluding hydrogens is 580 g/mol. The molecule has 8 nitrogen and oxygen atoms in total. The summed E-state index contributed by atoms with van der Waals surface area (Å²) in [4.78, 5) is 11.6. The van der Waals surface area contributed by atoms with Gasteiger partial charge in [-0.15, -0.1) is 0 Å². The third-order valence-electron chi connectivity index (χ3n) is 8.49. The minimum absolute atomic E-state index is 0.294. The molecule has 3 heterocycles. The summed E-state index contributed by atoms with van der Waals surface area (Å²) >= 11 is 13.0. The van der Waals surface area contributed by atoms with Gasteiger partial charge in [0.2, 0.25) is 0 Å². The molecule has 3 aromatic rings. The van der Waals surface area contributed by atoms with Crippen LogP contribution in [-0.2, 0) is 0 Å². The number of fused-ring (bicyclic) bond motifs is 4. The van der Waals surface area contributed by atoms with Gasteiger partial charge in [0.25, 0.3) is 0 Å². The number of hydrogen-bond acceptors (Lipinski definition) is 8. The quantitative estimate of drug-likeness (QED) is 0.291. The van der Waals surface area contributed by atoms with Gasteiger partial charge in [0.05, 0.1) is 32.0 Å². The number of anilines is 2. The number of amidine groups is 1. The van der Waals surface area contributed by atoms with Crippen molar-refractivity contribution in [2.75, 3.05) is 49.4 Å². The van der Waals surface area contributed by atoms with Crippen LogP contribution in [0.1, 0.15) is 25.3 Å². The third kappa shape index (κ3) is 4.64. The second-order valence-corrected chi connectivity index (χ2v) is 11.7. The summed E-state index contributed by atoms with van der Waals surface area (Å²) in [5, 5.41) is 22.8. The number of nitrogens with zero attached hydrogens (tertiary/aromatic N) is 6. The number of piperidine rings is 2. The lowest BCUT2D eigenvalue weighted by atomic mass is 9.53. The van der Waals surface area contributed by atoms with E-state index in [1.807, 2.05) is 85.5 Å². The van der Waals surface area contributed by atoms with Crippen LogP contribution < -0.4 is 19.3 Å². The summed E-state index contributed by atoms with van der Waals surface area (Å²) in [5.74, 6) is 1.52. The van der Waals surface area contributed by atoms with Crippen LogP contribution >= 0.6 is 23.8 Å². The molecule has 3 aromatic carbocycles. The Kier molecular flexibility index (Phi) is 7.64. The maximum Gasteiger partial charge on any atom is 0.141 e. The highest BCUT2D eigenvalue weighted by Crippen LogP contribution is 2.59. The summed E-state index contributed by atoms with van der Waals surface area (Å²) in [5.41, 5.74) is 0.111. The van der Waals surface area contributed by atoms with Crippen molar-refractivity contribution in [3.8, 4) is 23.6 Å². The molecule has 2 saturated heterocycles. The van der Waals surface area contributed by atoms with Crippen LogP contribution in [0, 0.1) is 33.5 Å². The van der Waals surface area contributed by atoms with Crippen molar-refractivity contribution in [3.05, 3.63) is 83.4 Å². The van der Waals surface area contributed by atoms with Gasteiger partial charge < -0.3 is 24.2 Å². The Bertz CT molecular complexity index is 1650. The van der Waals surface area contributed by atoms with Crippen molar-refractivity contribution in [3.63, 3.8) is 0 Å². The zero-order valence-electron chi connectivity index (χ0n) is 24.0. The normalized spacial score (nSPS) is 24.4. The van der Waals surface area contributed by atoms with E-state index in [1.54, 1.807) is 6.07 Å². The molecule has 0 radical (unpaired) electrons. The van der Waals surface area contributed by atoms with Crippen LogP contribution in [-0.4, -0.2) is 55.4 Å². The molecule has 0 amide bonds. The van der Waals surface area contributed by atoms with Crippen molar-refractivity contribution < 1.29 is 9.47 Å². The average molecular weight is 611 g/mol. The second-order valence-electron chi connectivity index (χ2n) is 10.9. The number of nitriles is 2. The van der Waals surface area contributed by atoms with E-state index < -0.39 is 16.7 Å². The first-order valence-corrected chi connectivity index (χ1v) is 15.1.